The first-order valence-electron chi connectivity index (χ1n) is 11.1. The van der Waals surface area contributed by atoms with Crippen molar-refractivity contribution in [3.8, 4) is 0 Å². The first-order chi connectivity index (χ1) is 15.1. The van der Waals surface area contributed by atoms with E-state index in [4.69, 9.17) is 11.1 Å². The molecule has 9 nitrogen and oxygen atoms in total. The number of hydrogen-bond acceptors (Lipinski definition) is 6. The average molecular weight is 484 g/mol. The maximum atomic E-state index is 13.3. The van der Waals surface area contributed by atoms with E-state index in [1.807, 2.05) is 6.07 Å². The van der Waals surface area contributed by atoms with Crippen molar-refractivity contribution >= 4 is 39.0 Å². The highest BCUT2D eigenvalue weighted by atomic mass is 32.2. The Kier molecular flexibility index (Phi) is 8.29. The number of nitrogens with zero attached hydrogens (tertiary/aromatic N) is 1. The van der Waals surface area contributed by atoms with Crippen LogP contribution >= 0.6 is 11.3 Å². The summed E-state index contributed by atoms with van der Waals surface area (Å²) < 4.78 is 26.4. The number of hydrogen-bond donors (Lipinski definition) is 4. The van der Waals surface area contributed by atoms with Gasteiger partial charge in [0.2, 0.25) is 21.8 Å². The summed E-state index contributed by atoms with van der Waals surface area (Å²) >= 11 is 1.34. The second-order valence-electron chi connectivity index (χ2n) is 8.77. The van der Waals surface area contributed by atoms with Crippen molar-refractivity contribution in [3.05, 3.63) is 21.9 Å². The predicted octanol–water partition coefficient (Wildman–Crippen LogP) is 1.53. The molecule has 2 fully saturated rings. The van der Waals surface area contributed by atoms with Gasteiger partial charge in [0.05, 0.1) is 17.7 Å². The summed E-state index contributed by atoms with van der Waals surface area (Å²) in [6.07, 6.45) is 8.19. The number of carbonyl (C=O) groups excluding carboxylic acids is 2. The van der Waals surface area contributed by atoms with Crippen LogP contribution in [0.4, 0.5) is 0 Å². The van der Waals surface area contributed by atoms with Crippen LogP contribution < -0.4 is 15.8 Å². The monoisotopic (exact) mass is 483 g/mol. The molecule has 1 aliphatic carbocycles. The molecule has 1 saturated carbocycles. The molecule has 2 amide bonds. The fourth-order valence-electron chi connectivity index (χ4n) is 4.63. The number of amides is 2. The fraction of sp³-hybridized carbons (Fsp3) is 0.667. The molecule has 1 aliphatic heterocycles. The molecule has 178 valence electrons. The molecule has 0 aromatic carbocycles. The quantitative estimate of drug-likeness (QED) is 0.311. The van der Waals surface area contributed by atoms with E-state index in [1.165, 1.54) is 22.7 Å². The summed E-state index contributed by atoms with van der Waals surface area (Å²) in [6, 6.07) is 2.11. The van der Waals surface area contributed by atoms with E-state index >= 15 is 0 Å². The van der Waals surface area contributed by atoms with Crippen LogP contribution in [0.1, 0.15) is 61.1 Å². The van der Waals surface area contributed by atoms with Gasteiger partial charge < -0.3 is 16.0 Å². The van der Waals surface area contributed by atoms with Crippen molar-refractivity contribution in [2.45, 2.75) is 70.0 Å². The normalized spacial score (nSPS) is 20.8. The molecule has 1 aromatic rings. The number of nitrogen functional groups attached to an aromatic ring is 1. The van der Waals surface area contributed by atoms with Crippen molar-refractivity contribution in [1.29, 1.82) is 5.41 Å². The third kappa shape index (κ3) is 6.76. The van der Waals surface area contributed by atoms with Crippen LogP contribution in [-0.2, 0) is 26.2 Å². The summed E-state index contributed by atoms with van der Waals surface area (Å²) in [7, 11) is -3.56. The third-order valence-corrected chi connectivity index (χ3v) is 7.98. The smallest absolute Gasteiger partial charge is 0.243 e. The molecule has 2 heterocycles. The van der Waals surface area contributed by atoms with Gasteiger partial charge in [-0.15, -0.1) is 11.3 Å². The molecule has 5 N–H and O–H groups in total. The van der Waals surface area contributed by atoms with Gasteiger partial charge in [-0.2, -0.15) is 0 Å². The van der Waals surface area contributed by atoms with Crippen molar-refractivity contribution < 1.29 is 18.0 Å². The average Bonchev–Trinajstić information content (AvgIpc) is 3.40. The first-order valence-corrected chi connectivity index (χ1v) is 13.8. The minimum atomic E-state index is -3.56. The molecular weight excluding hydrogens is 450 g/mol. The molecule has 0 spiro atoms. The summed E-state index contributed by atoms with van der Waals surface area (Å²) in [5.74, 6) is -0.253. The number of thiophene rings is 1. The summed E-state index contributed by atoms with van der Waals surface area (Å²) in [6.45, 7) is 0.736. The van der Waals surface area contributed by atoms with Gasteiger partial charge in [-0.05, 0) is 37.3 Å². The predicted molar refractivity (Wildman–Crippen MR) is 125 cm³/mol. The van der Waals surface area contributed by atoms with E-state index in [1.54, 1.807) is 6.07 Å². The van der Waals surface area contributed by atoms with E-state index < -0.39 is 22.1 Å². The highest BCUT2D eigenvalue weighted by molar-refractivity contribution is 7.88. The molecule has 3 rings (SSSR count). The van der Waals surface area contributed by atoms with Crippen molar-refractivity contribution in [2.24, 2.45) is 11.7 Å². The summed E-state index contributed by atoms with van der Waals surface area (Å²) in [5, 5.41) is 10.4. The summed E-state index contributed by atoms with van der Waals surface area (Å²) in [5.41, 5.74) is 5.49. The van der Waals surface area contributed by atoms with Gasteiger partial charge >= 0.3 is 0 Å². The second kappa shape index (κ2) is 10.8. The van der Waals surface area contributed by atoms with Crippen LogP contribution in [0.2, 0.25) is 0 Å². The van der Waals surface area contributed by atoms with Crippen LogP contribution in [0, 0.1) is 11.3 Å². The number of likely N-dealkylation sites (tertiary alicyclic amines) is 1. The Bertz CT molecular complexity index is 940. The van der Waals surface area contributed by atoms with Gasteiger partial charge in [-0.1, -0.05) is 32.1 Å². The molecule has 11 heteroatoms. The largest absolute Gasteiger partial charge is 0.383 e. The zero-order valence-corrected chi connectivity index (χ0v) is 20.1. The topological polar surface area (TPSA) is 145 Å². The molecule has 32 heavy (non-hydrogen) atoms. The number of carbonyl (C=O) groups is 2. The van der Waals surface area contributed by atoms with Crippen molar-refractivity contribution in [3.63, 3.8) is 0 Å². The SMILES string of the molecule is CS(=O)(=O)N[C@H](CC1CCCCC1)C(=O)N1CCC[C@H]1C(=O)NCc1ccc(C(=N)N)s1. The van der Waals surface area contributed by atoms with Crippen LogP contribution in [0.3, 0.4) is 0 Å². The van der Waals surface area contributed by atoms with Gasteiger partial charge in [-0.3, -0.25) is 15.0 Å². The first kappa shape index (κ1) is 24.7. The highest BCUT2D eigenvalue weighted by Crippen LogP contribution is 2.29. The maximum Gasteiger partial charge on any atom is 0.243 e. The van der Waals surface area contributed by atoms with E-state index in [0.29, 0.717) is 43.1 Å². The van der Waals surface area contributed by atoms with Gasteiger partial charge in [-0.25, -0.2) is 13.1 Å². The van der Waals surface area contributed by atoms with Crippen molar-refractivity contribution in [2.75, 3.05) is 12.8 Å². The maximum absolute atomic E-state index is 13.3. The lowest BCUT2D eigenvalue weighted by atomic mass is 9.84. The van der Waals surface area contributed by atoms with Gasteiger partial charge in [0.15, 0.2) is 0 Å². The number of amidine groups is 1. The third-order valence-electron chi connectivity index (χ3n) is 6.15. The lowest BCUT2D eigenvalue weighted by Gasteiger charge is -2.31. The molecule has 2 atom stereocenters. The molecule has 1 aromatic heterocycles. The number of nitrogens with one attached hydrogen (secondary N) is 3. The lowest BCUT2D eigenvalue weighted by Crippen LogP contribution is -2.53. The van der Waals surface area contributed by atoms with Gasteiger partial charge in [0.25, 0.3) is 0 Å². The molecule has 2 aliphatic rings. The van der Waals surface area contributed by atoms with Gasteiger partial charge in [0.1, 0.15) is 17.9 Å². The molecule has 0 unspecified atom stereocenters. The van der Waals surface area contributed by atoms with Crippen LogP contribution in [0.5, 0.6) is 0 Å². The molecule has 0 bridgehead atoms. The number of nitrogens with two attached hydrogens (primary N) is 1. The zero-order chi connectivity index (χ0) is 23.3. The van der Waals surface area contributed by atoms with Crippen LogP contribution in [0.15, 0.2) is 12.1 Å². The Morgan fingerprint density at radius 3 is 2.56 bits per heavy atom. The second-order valence-corrected chi connectivity index (χ2v) is 11.7. The Hall–Kier alpha value is -1.98. The Labute approximate surface area is 193 Å². The van der Waals surface area contributed by atoms with Crippen LogP contribution in [0.25, 0.3) is 0 Å². The molecule has 1 saturated heterocycles. The molecule has 0 radical (unpaired) electrons. The lowest BCUT2D eigenvalue weighted by molar-refractivity contribution is -0.140. The van der Waals surface area contributed by atoms with Crippen LogP contribution in [-0.4, -0.2) is 55.9 Å². The number of sulfonamides is 1. The minimum absolute atomic E-state index is 0.0116. The van der Waals surface area contributed by atoms with E-state index in [2.05, 4.69) is 10.0 Å². The van der Waals surface area contributed by atoms with Crippen molar-refractivity contribution in [1.82, 2.24) is 14.9 Å². The Balaban J connectivity index is 1.65. The summed E-state index contributed by atoms with van der Waals surface area (Å²) in [4.78, 5) is 29.3. The highest BCUT2D eigenvalue weighted by Gasteiger charge is 2.38. The zero-order valence-electron chi connectivity index (χ0n) is 18.4. The Morgan fingerprint density at radius 1 is 1.22 bits per heavy atom. The van der Waals surface area contributed by atoms with Gasteiger partial charge in [0, 0.05) is 11.4 Å². The van der Waals surface area contributed by atoms with E-state index in [0.717, 1.165) is 36.8 Å². The fourth-order valence-corrected chi connectivity index (χ4v) is 6.15. The Morgan fingerprint density at radius 2 is 1.94 bits per heavy atom. The minimum Gasteiger partial charge on any atom is -0.383 e. The number of rotatable bonds is 9. The van der Waals surface area contributed by atoms with E-state index in [-0.39, 0.29) is 17.6 Å². The van der Waals surface area contributed by atoms with E-state index in [9.17, 15) is 18.0 Å². The molecular formula is C21H33N5O4S2. The standard InChI is InChI=1S/C21H33N5O4S2/c1-32(29,30)25-16(12-14-6-3-2-4-7-14)21(28)26-11-5-8-17(26)20(27)24-13-15-9-10-18(31-15)19(22)23/h9-10,14,16-17,25H,2-8,11-13H2,1H3,(H3,22,23)(H,24,27)/t16-,17+/m1/s1.